The van der Waals surface area contributed by atoms with Gasteiger partial charge in [0.25, 0.3) is 5.91 Å². The molecule has 2 aromatic heterocycles. The number of hydrogen-bond donors (Lipinski definition) is 0. The lowest BCUT2D eigenvalue weighted by Crippen LogP contribution is -2.55. The Balaban J connectivity index is 1.30. The molecule has 1 aromatic carbocycles. The molecule has 5 heterocycles. The van der Waals surface area contributed by atoms with Crippen molar-refractivity contribution in [1.82, 2.24) is 24.8 Å². The Morgan fingerprint density at radius 1 is 1.23 bits per heavy atom. The van der Waals surface area contributed by atoms with Gasteiger partial charge in [-0.05, 0) is 26.0 Å². The summed E-state index contributed by atoms with van der Waals surface area (Å²) in [4.78, 5) is 34.8. The number of nitrogens with zero attached hydrogens (tertiary/aromatic N) is 8. The number of aromatic nitrogens is 3. The molecular formula is C32H37FN8O3. The summed E-state index contributed by atoms with van der Waals surface area (Å²) < 4.78 is 25.3. The van der Waals surface area contributed by atoms with Gasteiger partial charge in [-0.25, -0.2) is 4.39 Å². The van der Waals surface area contributed by atoms with E-state index in [1.807, 2.05) is 18.5 Å². The standard InChI is InChI=1S/C32H37FN8O3/c1-21-5-4-6-23-15-35-16-28(29(21)23)39-10-8-26-27(18-39)36-32(44-14-13-38(3)25-19-43-20-25)37-30(26)40-11-12-41(31(42)22(2)33)24(17-40)7-9-34/h4-6,15-16,24-25H,2,7-8,10-14,17-20H2,1,3H3/t24-/m0/s1. The number of pyridine rings is 1. The van der Waals surface area contributed by atoms with E-state index in [4.69, 9.17) is 19.4 Å². The molecule has 0 spiro atoms. The lowest BCUT2D eigenvalue weighted by Gasteiger charge is -2.42. The third-order valence-electron chi connectivity index (χ3n) is 8.86. The minimum absolute atomic E-state index is 0.0740. The van der Waals surface area contributed by atoms with E-state index in [-0.39, 0.29) is 13.0 Å². The number of fused-ring (bicyclic) bond motifs is 2. The van der Waals surface area contributed by atoms with Crippen molar-refractivity contribution >= 4 is 28.2 Å². The van der Waals surface area contributed by atoms with Crippen LogP contribution in [0.1, 0.15) is 23.2 Å². The van der Waals surface area contributed by atoms with Crippen molar-refractivity contribution < 1.29 is 18.7 Å². The van der Waals surface area contributed by atoms with Gasteiger partial charge in [-0.2, -0.15) is 15.2 Å². The van der Waals surface area contributed by atoms with Crippen LogP contribution in [-0.2, 0) is 22.5 Å². The first-order valence-corrected chi connectivity index (χ1v) is 15.0. The Morgan fingerprint density at radius 2 is 2.07 bits per heavy atom. The van der Waals surface area contributed by atoms with Crippen molar-refractivity contribution in [2.75, 3.05) is 69.4 Å². The van der Waals surface area contributed by atoms with Crippen molar-refractivity contribution in [3.05, 3.63) is 59.8 Å². The molecule has 2 saturated heterocycles. The van der Waals surface area contributed by atoms with Crippen LogP contribution in [0.15, 0.2) is 43.0 Å². The SMILES string of the molecule is C=C(F)C(=O)N1CCN(c2nc(OCCN(C)C3COC3)nc3c2CCN(c2cncc4cccc(C)c24)C3)C[C@@H]1CC#N. The minimum Gasteiger partial charge on any atom is -0.462 e. The first kappa shape index (κ1) is 29.7. The van der Waals surface area contributed by atoms with Gasteiger partial charge in [0.05, 0.1) is 61.9 Å². The molecule has 0 saturated carbocycles. The monoisotopic (exact) mass is 600 g/mol. The first-order valence-electron chi connectivity index (χ1n) is 15.0. The number of hydrogen-bond acceptors (Lipinski definition) is 10. The van der Waals surface area contributed by atoms with Crippen LogP contribution in [0.3, 0.4) is 0 Å². The first-order chi connectivity index (χ1) is 21.3. The van der Waals surface area contributed by atoms with Crippen LogP contribution in [0.4, 0.5) is 15.9 Å². The third-order valence-corrected chi connectivity index (χ3v) is 8.86. The molecule has 0 N–H and O–H groups in total. The zero-order valence-electron chi connectivity index (χ0n) is 25.2. The summed E-state index contributed by atoms with van der Waals surface area (Å²) >= 11 is 0. The maximum Gasteiger partial charge on any atom is 0.318 e. The highest BCUT2D eigenvalue weighted by Gasteiger charge is 2.35. The fourth-order valence-electron chi connectivity index (χ4n) is 6.25. The van der Waals surface area contributed by atoms with Crippen molar-refractivity contribution in [3.63, 3.8) is 0 Å². The van der Waals surface area contributed by atoms with E-state index in [0.717, 1.165) is 47.9 Å². The Kier molecular flexibility index (Phi) is 8.59. The van der Waals surface area contributed by atoms with Crippen LogP contribution >= 0.6 is 0 Å². The zero-order chi connectivity index (χ0) is 30.8. The molecule has 3 aliphatic rings. The van der Waals surface area contributed by atoms with Crippen LogP contribution in [0, 0.1) is 18.3 Å². The highest BCUT2D eigenvalue weighted by molar-refractivity contribution is 5.96. The van der Waals surface area contributed by atoms with Crippen LogP contribution in [0.5, 0.6) is 6.01 Å². The summed E-state index contributed by atoms with van der Waals surface area (Å²) in [5.74, 6) is -1.05. The molecule has 3 aromatic rings. The van der Waals surface area contributed by atoms with Gasteiger partial charge < -0.3 is 24.2 Å². The summed E-state index contributed by atoms with van der Waals surface area (Å²) in [7, 11) is 2.05. The van der Waals surface area contributed by atoms with E-state index in [1.54, 1.807) is 0 Å². The third kappa shape index (κ3) is 5.89. The predicted octanol–water partition coefficient (Wildman–Crippen LogP) is 3.02. The molecule has 0 radical (unpaired) electrons. The molecule has 0 unspecified atom stereocenters. The second kappa shape index (κ2) is 12.7. The second-order valence-corrected chi connectivity index (χ2v) is 11.6. The highest BCUT2D eigenvalue weighted by atomic mass is 19.1. The number of aryl methyl sites for hydroxylation is 1. The highest BCUT2D eigenvalue weighted by Crippen LogP contribution is 2.35. The molecule has 2 fully saturated rings. The summed E-state index contributed by atoms with van der Waals surface area (Å²) in [6, 6.07) is 8.58. The molecule has 0 bridgehead atoms. The number of benzene rings is 1. The van der Waals surface area contributed by atoms with Gasteiger partial charge in [0, 0.05) is 55.3 Å². The number of carbonyl (C=O) groups excluding carboxylic acids is 1. The fourth-order valence-corrected chi connectivity index (χ4v) is 6.25. The largest absolute Gasteiger partial charge is 0.462 e. The number of ether oxygens (including phenoxy) is 2. The van der Waals surface area contributed by atoms with E-state index in [9.17, 15) is 14.4 Å². The van der Waals surface area contributed by atoms with Crippen molar-refractivity contribution in [3.8, 4) is 12.1 Å². The molecule has 230 valence electrons. The van der Waals surface area contributed by atoms with Crippen LogP contribution < -0.4 is 14.5 Å². The Bertz CT molecular complexity index is 1600. The molecule has 12 heteroatoms. The molecular weight excluding hydrogens is 563 g/mol. The number of nitriles is 1. The molecule has 11 nitrogen and oxygen atoms in total. The van der Waals surface area contributed by atoms with E-state index < -0.39 is 17.8 Å². The summed E-state index contributed by atoms with van der Waals surface area (Å²) in [6.45, 7) is 10.2. The normalized spacial score (nSPS) is 18.6. The molecule has 1 amide bonds. The van der Waals surface area contributed by atoms with Crippen LogP contribution in [-0.4, -0.2) is 102 Å². The molecule has 44 heavy (non-hydrogen) atoms. The number of piperazine rings is 1. The lowest BCUT2D eigenvalue weighted by atomic mass is 10.0. The fraction of sp³-hybridized carbons (Fsp3) is 0.469. The van der Waals surface area contributed by atoms with Crippen molar-refractivity contribution in [1.29, 1.82) is 5.26 Å². The van der Waals surface area contributed by atoms with E-state index in [1.165, 1.54) is 15.8 Å². The van der Waals surface area contributed by atoms with Crippen LogP contribution in [0.2, 0.25) is 0 Å². The van der Waals surface area contributed by atoms with Crippen molar-refractivity contribution in [2.24, 2.45) is 0 Å². The van der Waals surface area contributed by atoms with Gasteiger partial charge in [-0.3, -0.25) is 14.7 Å². The van der Waals surface area contributed by atoms with E-state index in [2.05, 4.69) is 58.4 Å². The Labute approximate surface area is 256 Å². The number of carbonyl (C=O) groups is 1. The average Bonchev–Trinajstić information content (AvgIpc) is 2.99. The van der Waals surface area contributed by atoms with Gasteiger partial charge in [0.2, 0.25) is 0 Å². The van der Waals surface area contributed by atoms with Gasteiger partial charge >= 0.3 is 6.01 Å². The Hall–Kier alpha value is -4.34. The zero-order valence-corrected chi connectivity index (χ0v) is 25.2. The van der Waals surface area contributed by atoms with Gasteiger partial charge in [0.15, 0.2) is 5.83 Å². The Morgan fingerprint density at radius 3 is 2.82 bits per heavy atom. The molecule has 6 rings (SSSR count). The average molecular weight is 601 g/mol. The second-order valence-electron chi connectivity index (χ2n) is 11.6. The van der Waals surface area contributed by atoms with Gasteiger partial charge in [-0.15, -0.1) is 0 Å². The predicted molar refractivity (Wildman–Crippen MR) is 164 cm³/mol. The number of halogens is 1. The van der Waals surface area contributed by atoms with Crippen LogP contribution in [0.25, 0.3) is 10.8 Å². The summed E-state index contributed by atoms with van der Waals surface area (Å²) in [5, 5.41) is 11.8. The maximum atomic E-state index is 13.8. The lowest BCUT2D eigenvalue weighted by molar-refractivity contribution is -0.131. The smallest absolute Gasteiger partial charge is 0.318 e. The number of likely N-dealkylation sites (N-methyl/N-ethyl adjacent to an activating group) is 1. The van der Waals surface area contributed by atoms with E-state index >= 15 is 0 Å². The topological polar surface area (TPSA) is 111 Å². The quantitative estimate of drug-likeness (QED) is 0.340. The number of anilines is 2. The number of rotatable bonds is 9. The number of amides is 1. The van der Waals surface area contributed by atoms with Crippen molar-refractivity contribution in [2.45, 2.75) is 38.4 Å². The minimum atomic E-state index is -1.02. The maximum absolute atomic E-state index is 13.8. The van der Waals surface area contributed by atoms with E-state index in [0.29, 0.717) is 51.3 Å². The molecule has 0 aliphatic carbocycles. The van der Waals surface area contributed by atoms with Gasteiger partial charge in [0.1, 0.15) is 12.4 Å². The summed E-state index contributed by atoms with van der Waals surface area (Å²) in [5.41, 5.74) is 4.14. The molecule has 1 atom stereocenters. The summed E-state index contributed by atoms with van der Waals surface area (Å²) in [6.07, 6.45) is 4.58. The molecule has 3 aliphatic heterocycles. The van der Waals surface area contributed by atoms with Gasteiger partial charge in [-0.1, -0.05) is 24.8 Å².